The summed E-state index contributed by atoms with van der Waals surface area (Å²) in [4.78, 5) is 0. The van der Waals surface area contributed by atoms with Crippen LogP contribution in [0, 0.1) is 0 Å². The van der Waals surface area contributed by atoms with Crippen LogP contribution in [-0.2, 0) is 11.3 Å². The molecule has 0 spiro atoms. The van der Waals surface area contributed by atoms with Crippen LogP contribution < -0.4 is 5.32 Å². The highest BCUT2D eigenvalue weighted by Crippen LogP contribution is 2.17. The first kappa shape index (κ1) is 13.3. The van der Waals surface area contributed by atoms with E-state index in [1.165, 1.54) is 16.3 Å². The number of fused-ring (bicyclic) bond motifs is 1. The number of hydrogen-bond donors (Lipinski definition) is 1. The highest BCUT2D eigenvalue weighted by atomic mass is 35.5. The zero-order chi connectivity index (χ0) is 12.6. The SMILES string of the molecule is ClCCOCCNCc1cccc2ccccc12. The van der Waals surface area contributed by atoms with Gasteiger partial charge in [0.15, 0.2) is 0 Å². The van der Waals surface area contributed by atoms with Crippen LogP contribution in [-0.4, -0.2) is 25.6 Å². The average Bonchev–Trinajstić information content (AvgIpc) is 2.43. The number of ether oxygens (including phenoxy) is 1. The lowest BCUT2D eigenvalue weighted by Crippen LogP contribution is -2.19. The van der Waals surface area contributed by atoms with Crippen molar-refractivity contribution in [3.8, 4) is 0 Å². The lowest BCUT2D eigenvalue weighted by molar-refractivity contribution is 0.151. The van der Waals surface area contributed by atoms with Crippen molar-refractivity contribution in [3.63, 3.8) is 0 Å². The first-order valence-electron chi connectivity index (χ1n) is 6.23. The van der Waals surface area contributed by atoms with Crippen molar-refractivity contribution in [2.24, 2.45) is 0 Å². The summed E-state index contributed by atoms with van der Waals surface area (Å²) in [6.45, 7) is 3.04. The molecule has 0 saturated carbocycles. The minimum Gasteiger partial charge on any atom is -0.379 e. The van der Waals surface area contributed by atoms with E-state index in [0.29, 0.717) is 19.1 Å². The summed E-state index contributed by atoms with van der Waals surface area (Å²) in [7, 11) is 0. The first-order chi connectivity index (χ1) is 8.92. The normalized spacial score (nSPS) is 10.9. The van der Waals surface area contributed by atoms with Gasteiger partial charge in [0.1, 0.15) is 0 Å². The minimum absolute atomic E-state index is 0.559. The summed E-state index contributed by atoms with van der Waals surface area (Å²) in [6, 6.07) is 14.9. The topological polar surface area (TPSA) is 21.3 Å². The number of alkyl halides is 1. The molecule has 0 bridgehead atoms. The average molecular weight is 264 g/mol. The molecule has 0 aromatic heterocycles. The van der Waals surface area contributed by atoms with Crippen molar-refractivity contribution in [2.75, 3.05) is 25.6 Å². The van der Waals surface area contributed by atoms with Gasteiger partial charge in [0.05, 0.1) is 13.2 Å². The van der Waals surface area contributed by atoms with Gasteiger partial charge in [-0.3, -0.25) is 0 Å². The molecule has 2 rings (SSSR count). The van der Waals surface area contributed by atoms with Crippen LogP contribution in [0.2, 0.25) is 0 Å². The van der Waals surface area contributed by atoms with E-state index < -0.39 is 0 Å². The summed E-state index contributed by atoms with van der Waals surface area (Å²) in [5, 5.41) is 5.99. The standard InChI is InChI=1S/C15H18ClNO/c16-8-10-18-11-9-17-12-14-6-3-5-13-4-1-2-7-15(13)14/h1-7,17H,8-12H2. The molecule has 0 fully saturated rings. The predicted octanol–water partition coefficient (Wildman–Crippen LogP) is 3.18. The zero-order valence-corrected chi connectivity index (χ0v) is 11.1. The second kappa shape index (κ2) is 7.37. The van der Waals surface area contributed by atoms with E-state index in [2.05, 4.69) is 47.8 Å². The fraction of sp³-hybridized carbons (Fsp3) is 0.333. The Morgan fingerprint density at radius 1 is 1.00 bits per heavy atom. The van der Waals surface area contributed by atoms with Gasteiger partial charge < -0.3 is 10.1 Å². The summed E-state index contributed by atoms with van der Waals surface area (Å²) in [5.41, 5.74) is 1.32. The van der Waals surface area contributed by atoms with Gasteiger partial charge in [0, 0.05) is 19.0 Å². The number of hydrogen-bond acceptors (Lipinski definition) is 2. The Bertz CT molecular complexity index is 481. The van der Waals surface area contributed by atoms with E-state index in [1.54, 1.807) is 0 Å². The molecule has 2 aromatic rings. The maximum absolute atomic E-state index is 5.53. The third-order valence-electron chi connectivity index (χ3n) is 2.84. The van der Waals surface area contributed by atoms with Crippen LogP contribution in [0.5, 0.6) is 0 Å². The molecule has 0 radical (unpaired) electrons. The monoisotopic (exact) mass is 263 g/mol. The number of benzene rings is 2. The zero-order valence-electron chi connectivity index (χ0n) is 10.4. The van der Waals surface area contributed by atoms with Crippen molar-refractivity contribution in [3.05, 3.63) is 48.0 Å². The molecular formula is C15H18ClNO. The summed E-state index contributed by atoms with van der Waals surface area (Å²) < 4.78 is 5.31. The molecule has 96 valence electrons. The van der Waals surface area contributed by atoms with Gasteiger partial charge in [-0.1, -0.05) is 42.5 Å². The Hall–Kier alpha value is -1.09. The summed E-state index contributed by atoms with van der Waals surface area (Å²) >= 11 is 5.53. The van der Waals surface area contributed by atoms with Crippen LogP contribution >= 0.6 is 11.6 Å². The van der Waals surface area contributed by atoms with Crippen LogP contribution in [0.3, 0.4) is 0 Å². The van der Waals surface area contributed by atoms with Crippen molar-refractivity contribution < 1.29 is 4.74 Å². The third-order valence-corrected chi connectivity index (χ3v) is 2.99. The molecular weight excluding hydrogens is 246 g/mol. The highest BCUT2D eigenvalue weighted by Gasteiger charge is 1.99. The number of rotatable bonds is 7. The predicted molar refractivity (Wildman–Crippen MR) is 77.2 cm³/mol. The molecule has 0 unspecified atom stereocenters. The lowest BCUT2D eigenvalue weighted by atomic mass is 10.0. The Morgan fingerprint density at radius 2 is 1.83 bits per heavy atom. The molecule has 1 N–H and O–H groups in total. The van der Waals surface area contributed by atoms with Crippen LogP contribution in [0.1, 0.15) is 5.56 Å². The first-order valence-corrected chi connectivity index (χ1v) is 6.76. The molecule has 2 nitrogen and oxygen atoms in total. The van der Waals surface area contributed by atoms with E-state index in [0.717, 1.165) is 13.1 Å². The van der Waals surface area contributed by atoms with Crippen molar-refractivity contribution in [1.29, 1.82) is 0 Å². The van der Waals surface area contributed by atoms with Crippen LogP contribution in [0.25, 0.3) is 10.8 Å². The highest BCUT2D eigenvalue weighted by molar-refractivity contribution is 6.17. The molecule has 0 amide bonds. The Balaban J connectivity index is 1.88. The maximum Gasteiger partial charge on any atom is 0.0602 e. The van der Waals surface area contributed by atoms with Gasteiger partial charge in [-0.25, -0.2) is 0 Å². The Kier molecular flexibility index (Phi) is 5.46. The van der Waals surface area contributed by atoms with E-state index in [-0.39, 0.29) is 0 Å². The van der Waals surface area contributed by atoms with Crippen LogP contribution in [0.4, 0.5) is 0 Å². The maximum atomic E-state index is 5.53. The molecule has 0 aliphatic heterocycles. The van der Waals surface area contributed by atoms with Crippen molar-refractivity contribution >= 4 is 22.4 Å². The van der Waals surface area contributed by atoms with Crippen molar-refractivity contribution in [1.82, 2.24) is 5.32 Å². The van der Waals surface area contributed by atoms with Gasteiger partial charge in [0.25, 0.3) is 0 Å². The molecule has 0 atom stereocenters. The summed E-state index contributed by atoms with van der Waals surface area (Å²) in [5.74, 6) is 0.559. The fourth-order valence-corrected chi connectivity index (χ4v) is 2.08. The van der Waals surface area contributed by atoms with Crippen molar-refractivity contribution in [2.45, 2.75) is 6.54 Å². The molecule has 0 heterocycles. The van der Waals surface area contributed by atoms with Gasteiger partial charge in [-0.15, -0.1) is 11.6 Å². The lowest BCUT2D eigenvalue weighted by Gasteiger charge is -2.08. The second-order valence-electron chi connectivity index (χ2n) is 4.12. The van der Waals surface area contributed by atoms with E-state index in [1.807, 2.05) is 0 Å². The van der Waals surface area contributed by atoms with Gasteiger partial charge >= 0.3 is 0 Å². The fourth-order valence-electron chi connectivity index (χ4n) is 1.97. The Morgan fingerprint density at radius 3 is 2.72 bits per heavy atom. The third kappa shape index (κ3) is 3.70. The van der Waals surface area contributed by atoms with Gasteiger partial charge in [-0.2, -0.15) is 0 Å². The van der Waals surface area contributed by atoms with E-state index in [4.69, 9.17) is 16.3 Å². The quantitative estimate of drug-likeness (QED) is 0.612. The molecule has 0 aliphatic carbocycles. The molecule has 3 heteroatoms. The molecule has 2 aromatic carbocycles. The van der Waals surface area contributed by atoms with Crippen LogP contribution in [0.15, 0.2) is 42.5 Å². The van der Waals surface area contributed by atoms with Gasteiger partial charge in [-0.05, 0) is 16.3 Å². The second-order valence-corrected chi connectivity index (χ2v) is 4.49. The largest absolute Gasteiger partial charge is 0.379 e. The summed E-state index contributed by atoms with van der Waals surface area (Å²) in [6.07, 6.45) is 0. The minimum atomic E-state index is 0.559. The molecule has 0 aliphatic rings. The molecule has 18 heavy (non-hydrogen) atoms. The molecule has 0 saturated heterocycles. The smallest absolute Gasteiger partial charge is 0.0602 e. The Labute approximate surface area is 113 Å². The number of halogens is 1. The van der Waals surface area contributed by atoms with E-state index in [9.17, 15) is 0 Å². The van der Waals surface area contributed by atoms with Gasteiger partial charge in [0.2, 0.25) is 0 Å². The number of nitrogens with one attached hydrogen (secondary N) is 1. The van der Waals surface area contributed by atoms with E-state index >= 15 is 0 Å².